The summed E-state index contributed by atoms with van der Waals surface area (Å²) in [4.78, 5) is 24.3. The zero-order valence-electron chi connectivity index (χ0n) is 16.2. The summed E-state index contributed by atoms with van der Waals surface area (Å²) in [6, 6.07) is 4.20. The van der Waals surface area contributed by atoms with Crippen LogP contribution in [0.15, 0.2) is 29.1 Å². The minimum absolute atomic E-state index is 0.236. The number of piperidine rings is 2. The Morgan fingerprint density at radius 3 is 2.93 bits per heavy atom. The second-order valence-electron chi connectivity index (χ2n) is 8.18. The number of rotatable bonds is 6. The van der Waals surface area contributed by atoms with Crippen LogP contribution in [0.25, 0.3) is 0 Å². The highest BCUT2D eigenvalue weighted by atomic mass is 16.3. The lowest BCUT2D eigenvalue weighted by molar-refractivity contribution is -0.139. The van der Waals surface area contributed by atoms with Crippen molar-refractivity contribution in [2.75, 3.05) is 26.2 Å². The summed E-state index contributed by atoms with van der Waals surface area (Å²) in [6.07, 6.45) is 9.44. The Bertz CT molecular complexity index is 754. The van der Waals surface area contributed by atoms with E-state index in [2.05, 4.69) is 38.8 Å². The Kier molecular flexibility index (Phi) is 5.34. The molecule has 0 bridgehead atoms. The molecule has 1 amide bonds. The number of nitrogens with zero attached hydrogens (tertiary/aromatic N) is 3. The van der Waals surface area contributed by atoms with E-state index < -0.39 is 0 Å². The van der Waals surface area contributed by atoms with Gasteiger partial charge in [-0.15, -0.1) is 0 Å². The van der Waals surface area contributed by atoms with Gasteiger partial charge in [-0.05, 0) is 37.9 Å². The molecule has 0 aromatic carbocycles. The van der Waals surface area contributed by atoms with E-state index in [1.807, 2.05) is 6.20 Å². The molecule has 6 heteroatoms. The average molecular weight is 370 g/mol. The molecule has 1 N–H and O–H groups in total. The fourth-order valence-corrected chi connectivity index (χ4v) is 4.68. The van der Waals surface area contributed by atoms with E-state index >= 15 is 0 Å². The summed E-state index contributed by atoms with van der Waals surface area (Å²) in [6.45, 7) is 6.84. The van der Waals surface area contributed by atoms with Crippen molar-refractivity contribution >= 4 is 5.91 Å². The monoisotopic (exact) mass is 370 g/mol. The first-order valence-electron chi connectivity index (χ1n) is 10.2. The minimum Gasteiger partial charge on any atom is -0.465 e. The molecule has 0 aliphatic carbocycles. The molecule has 2 fully saturated rings. The summed E-state index contributed by atoms with van der Waals surface area (Å²) in [7, 11) is 0. The Balaban J connectivity index is 1.38. The van der Waals surface area contributed by atoms with Gasteiger partial charge in [-0.3, -0.25) is 9.69 Å². The van der Waals surface area contributed by atoms with Gasteiger partial charge in [0, 0.05) is 56.2 Å². The van der Waals surface area contributed by atoms with Crippen LogP contribution in [-0.2, 0) is 24.2 Å². The number of aromatic nitrogens is 2. The summed E-state index contributed by atoms with van der Waals surface area (Å²) in [5.41, 5.74) is 1.33. The molecule has 4 heterocycles. The highest BCUT2D eigenvalue weighted by Gasteiger charge is 2.41. The topological polar surface area (TPSA) is 65.4 Å². The van der Waals surface area contributed by atoms with Crippen molar-refractivity contribution in [2.24, 2.45) is 5.41 Å². The highest BCUT2D eigenvalue weighted by Crippen LogP contribution is 2.39. The van der Waals surface area contributed by atoms with Crippen LogP contribution in [0.3, 0.4) is 0 Å². The number of aryl methyl sites for hydroxylation is 1. The number of imidazole rings is 1. The predicted molar refractivity (Wildman–Crippen MR) is 103 cm³/mol. The van der Waals surface area contributed by atoms with E-state index in [0.717, 1.165) is 69.2 Å². The van der Waals surface area contributed by atoms with Crippen LogP contribution in [0.2, 0.25) is 0 Å². The number of carbonyl (C=O) groups excluding carboxylic acids is 1. The maximum absolute atomic E-state index is 12.5. The maximum atomic E-state index is 12.5. The van der Waals surface area contributed by atoms with Gasteiger partial charge in [0.05, 0.1) is 12.9 Å². The van der Waals surface area contributed by atoms with Crippen LogP contribution in [0.1, 0.15) is 49.8 Å². The molecular formula is C21H30N4O2. The molecule has 2 aromatic rings. The largest absolute Gasteiger partial charge is 0.465 e. The molecule has 1 atom stereocenters. The van der Waals surface area contributed by atoms with Crippen LogP contribution in [0, 0.1) is 5.41 Å². The van der Waals surface area contributed by atoms with E-state index in [9.17, 15) is 4.79 Å². The third-order valence-corrected chi connectivity index (χ3v) is 6.14. The lowest BCUT2D eigenvalue weighted by atomic mass is 9.73. The van der Waals surface area contributed by atoms with Gasteiger partial charge in [-0.25, -0.2) is 4.98 Å². The lowest BCUT2D eigenvalue weighted by Gasteiger charge is -2.48. The second kappa shape index (κ2) is 7.89. The molecule has 0 saturated carbocycles. The number of H-pyrrole nitrogens is 1. The number of carbonyl (C=O) groups is 1. The summed E-state index contributed by atoms with van der Waals surface area (Å²) < 4.78 is 5.91. The Labute approximate surface area is 160 Å². The fourth-order valence-electron chi connectivity index (χ4n) is 4.68. The van der Waals surface area contributed by atoms with Gasteiger partial charge in [0.15, 0.2) is 0 Å². The van der Waals surface area contributed by atoms with Crippen molar-refractivity contribution in [3.63, 3.8) is 0 Å². The van der Waals surface area contributed by atoms with Crippen LogP contribution in [0.4, 0.5) is 0 Å². The van der Waals surface area contributed by atoms with Gasteiger partial charge in [-0.1, -0.05) is 6.92 Å². The Morgan fingerprint density at radius 1 is 1.26 bits per heavy atom. The average Bonchev–Trinajstić information content (AvgIpc) is 3.35. The van der Waals surface area contributed by atoms with E-state index in [1.165, 1.54) is 12.8 Å². The molecule has 146 valence electrons. The number of nitrogens with one attached hydrogen (secondary N) is 1. The Hall–Kier alpha value is -2.08. The van der Waals surface area contributed by atoms with E-state index in [-0.39, 0.29) is 5.41 Å². The number of likely N-dealkylation sites (tertiary alicyclic amines) is 2. The van der Waals surface area contributed by atoms with Crippen LogP contribution in [0.5, 0.6) is 0 Å². The summed E-state index contributed by atoms with van der Waals surface area (Å²) in [5, 5.41) is 0. The van der Waals surface area contributed by atoms with Gasteiger partial charge in [0.25, 0.3) is 0 Å². The zero-order chi connectivity index (χ0) is 18.7. The van der Waals surface area contributed by atoms with Gasteiger partial charge in [-0.2, -0.15) is 0 Å². The van der Waals surface area contributed by atoms with Gasteiger partial charge < -0.3 is 14.3 Å². The fraction of sp³-hybridized carbons (Fsp3) is 0.619. The highest BCUT2D eigenvalue weighted by molar-refractivity contribution is 5.77. The third-order valence-electron chi connectivity index (χ3n) is 6.14. The molecule has 2 aliphatic heterocycles. The molecule has 6 nitrogen and oxygen atoms in total. The molecule has 4 rings (SSSR count). The molecule has 1 spiro atoms. The number of hydrogen-bond donors (Lipinski definition) is 1. The van der Waals surface area contributed by atoms with Crippen LogP contribution < -0.4 is 0 Å². The predicted octanol–water partition coefficient (Wildman–Crippen LogP) is 3.01. The van der Waals surface area contributed by atoms with Gasteiger partial charge in [0.2, 0.25) is 5.91 Å². The standard InChI is InChI=1S/C21H30N4O2/c1-2-18-4-5-19(27-18)13-24-10-3-8-21(14-24)9-6-20(26)25(15-21)11-7-17-12-22-16-23-17/h4-5,12,16H,2-3,6-11,13-15H2,1H3,(H,22,23)/t21-/m1/s1. The number of amides is 1. The summed E-state index contributed by atoms with van der Waals surface area (Å²) >= 11 is 0. The first kappa shape index (κ1) is 18.3. The van der Waals surface area contributed by atoms with Gasteiger partial charge >= 0.3 is 0 Å². The first-order valence-corrected chi connectivity index (χ1v) is 10.2. The van der Waals surface area contributed by atoms with Gasteiger partial charge in [0.1, 0.15) is 11.5 Å². The van der Waals surface area contributed by atoms with E-state index in [0.29, 0.717) is 12.3 Å². The molecule has 0 unspecified atom stereocenters. The summed E-state index contributed by atoms with van der Waals surface area (Å²) in [5.74, 6) is 2.42. The zero-order valence-corrected chi connectivity index (χ0v) is 16.2. The van der Waals surface area contributed by atoms with Crippen LogP contribution >= 0.6 is 0 Å². The van der Waals surface area contributed by atoms with Crippen molar-refractivity contribution in [3.05, 3.63) is 41.9 Å². The molecule has 27 heavy (non-hydrogen) atoms. The molecule has 2 saturated heterocycles. The van der Waals surface area contributed by atoms with Crippen molar-refractivity contribution in [2.45, 2.75) is 52.0 Å². The third kappa shape index (κ3) is 4.26. The maximum Gasteiger partial charge on any atom is 0.222 e. The van der Waals surface area contributed by atoms with Crippen LogP contribution in [-0.4, -0.2) is 51.9 Å². The van der Waals surface area contributed by atoms with E-state index in [1.54, 1.807) is 6.33 Å². The quantitative estimate of drug-likeness (QED) is 0.849. The van der Waals surface area contributed by atoms with E-state index in [4.69, 9.17) is 4.42 Å². The molecular weight excluding hydrogens is 340 g/mol. The number of furan rings is 1. The first-order chi connectivity index (χ1) is 13.2. The molecule has 2 aromatic heterocycles. The number of aromatic amines is 1. The number of hydrogen-bond acceptors (Lipinski definition) is 4. The van der Waals surface area contributed by atoms with Crippen molar-refractivity contribution in [3.8, 4) is 0 Å². The van der Waals surface area contributed by atoms with Crippen molar-refractivity contribution in [1.82, 2.24) is 19.8 Å². The molecule has 2 aliphatic rings. The molecule has 0 radical (unpaired) electrons. The second-order valence-corrected chi connectivity index (χ2v) is 8.18. The van der Waals surface area contributed by atoms with Crippen molar-refractivity contribution < 1.29 is 9.21 Å². The van der Waals surface area contributed by atoms with Crippen molar-refractivity contribution in [1.29, 1.82) is 0 Å². The smallest absolute Gasteiger partial charge is 0.222 e. The normalized spacial score (nSPS) is 24.0. The SMILES string of the molecule is CCc1ccc(CN2CCC[C@@]3(CCC(=O)N(CCc4cnc[nH]4)C3)C2)o1. The lowest BCUT2D eigenvalue weighted by Crippen LogP contribution is -2.54. The Morgan fingerprint density at radius 2 is 2.15 bits per heavy atom. The minimum atomic E-state index is 0.236.